The molecule has 3 aromatic heterocycles. The molecule has 3 aromatic rings. The minimum atomic E-state index is -0.0872. The van der Waals surface area contributed by atoms with Crippen LogP contribution in [0.15, 0.2) is 36.8 Å². The first-order valence-electron chi connectivity index (χ1n) is 10.8. The Morgan fingerprint density at radius 1 is 1.30 bits per heavy atom. The van der Waals surface area contributed by atoms with Gasteiger partial charge in [0.1, 0.15) is 12.7 Å². The van der Waals surface area contributed by atoms with Crippen LogP contribution in [0, 0.1) is 0 Å². The summed E-state index contributed by atoms with van der Waals surface area (Å²) in [5.41, 5.74) is 2.53. The van der Waals surface area contributed by atoms with Crippen molar-refractivity contribution in [1.82, 2.24) is 25.1 Å². The molecule has 1 saturated carbocycles. The van der Waals surface area contributed by atoms with Gasteiger partial charge in [-0.1, -0.05) is 0 Å². The van der Waals surface area contributed by atoms with Crippen LogP contribution in [0.25, 0.3) is 22.2 Å². The van der Waals surface area contributed by atoms with E-state index in [9.17, 15) is 0 Å². The molecular formula is C23H29N5O2. The SMILES string of the molecule is CC(C)(C)n1cc(-c2cc3ncccc3c(OC[C@@H]3CN[C@H]4CCC[C@H]4O3)n2)cn1. The average Bonchev–Trinajstić information content (AvgIpc) is 3.41. The second-order valence-electron chi connectivity index (χ2n) is 9.28. The van der Waals surface area contributed by atoms with Gasteiger partial charge in [-0.25, -0.2) is 4.98 Å². The summed E-state index contributed by atoms with van der Waals surface area (Å²) in [5.74, 6) is 0.594. The van der Waals surface area contributed by atoms with E-state index in [4.69, 9.17) is 14.5 Å². The second-order valence-corrected chi connectivity index (χ2v) is 9.28. The lowest BCUT2D eigenvalue weighted by atomic mass is 10.1. The number of morpholine rings is 1. The Morgan fingerprint density at radius 2 is 2.20 bits per heavy atom. The van der Waals surface area contributed by atoms with Crippen LogP contribution in [-0.2, 0) is 10.3 Å². The molecule has 1 N–H and O–H groups in total. The van der Waals surface area contributed by atoms with Crippen molar-refractivity contribution < 1.29 is 9.47 Å². The molecule has 3 atom stereocenters. The van der Waals surface area contributed by atoms with Gasteiger partial charge in [-0.15, -0.1) is 0 Å². The molecule has 0 radical (unpaired) electrons. The van der Waals surface area contributed by atoms with Crippen molar-refractivity contribution in [2.75, 3.05) is 13.2 Å². The number of aromatic nitrogens is 4. The Kier molecular flexibility index (Phi) is 4.95. The van der Waals surface area contributed by atoms with Crippen LogP contribution < -0.4 is 10.1 Å². The maximum Gasteiger partial charge on any atom is 0.223 e. The third-order valence-corrected chi connectivity index (χ3v) is 5.96. The van der Waals surface area contributed by atoms with Crippen molar-refractivity contribution in [3.05, 3.63) is 36.8 Å². The van der Waals surface area contributed by atoms with E-state index in [-0.39, 0.29) is 11.6 Å². The highest BCUT2D eigenvalue weighted by Gasteiger charge is 2.34. The van der Waals surface area contributed by atoms with E-state index in [2.05, 4.69) is 36.2 Å². The van der Waals surface area contributed by atoms with Crippen molar-refractivity contribution >= 4 is 10.9 Å². The number of pyridine rings is 2. The molecule has 5 rings (SSSR count). The number of nitrogens with zero attached hydrogens (tertiary/aromatic N) is 4. The summed E-state index contributed by atoms with van der Waals surface area (Å²) in [5, 5.41) is 9.03. The van der Waals surface area contributed by atoms with E-state index in [1.807, 2.05) is 35.3 Å². The van der Waals surface area contributed by atoms with Crippen LogP contribution in [0.1, 0.15) is 40.0 Å². The highest BCUT2D eigenvalue weighted by molar-refractivity contribution is 5.86. The molecule has 4 heterocycles. The van der Waals surface area contributed by atoms with Gasteiger partial charge in [-0.05, 0) is 58.2 Å². The summed E-state index contributed by atoms with van der Waals surface area (Å²) in [6, 6.07) is 6.41. The third kappa shape index (κ3) is 3.79. The summed E-state index contributed by atoms with van der Waals surface area (Å²) in [6.45, 7) is 7.66. The molecule has 1 aliphatic carbocycles. The topological polar surface area (TPSA) is 74.1 Å². The van der Waals surface area contributed by atoms with E-state index in [0.29, 0.717) is 24.6 Å². The van der Waals surface area contributed by atoms with Gasteiger partial charge in [0.05, 0.1) is 34.4 Å². The van der Waals surface area contributed by atoms with Gasteiger partial charge in [0.2, 0.25) is 5.88 Å². The van der Waals surface area contributed by atoms with Crippen LogP contribution in [0.2, 0.25) is 0 Å². The standard InChI is InChI=1S/C23H29N5O2/c1-23(2,3)28-13-15(11-26-28)19-10-20-17(6-5-9-24-20)22(27-19)29-14-16-12-25-18-7-4-8-21(18)30-16/h5-6,9-11,13,16,18,21,25H,4,7-8,12,14H2,1-3H3/t16-,18-,21+/m0/s1. The third-order valence-electron chi connectivity index (χ3n) is 5.96. The van der Waals surface area contributed by atoms with Gasteiger partial charge in [-0.3, -0.25) is 9.67 Å². The number of fused-ring (bicyclic) bond motifs is 2. The van der Waals surface area contributed by atoms with Crippen LogP contribution >= 0.6 is 0 Å². The molecule has 0 bridgehead atoms. The molecule has 2 aliphatic rings. The highest BCUT2D eigenvalue weighted by Crippen LogP contribution is 2.30. The van der Waals surface area contributed by atoms with Gasteiger partial charge in [0, 0.05) is 30.5 Å². The van der Waals surface area contributed by atoms with Crippen LogP contribution in [0.5, 0.6) is 5.88 Å². The molecule has 0 unspecified atom stereocenters. The zero-order valence-electron chi connectivity index (χ0n) is 17.8. The molecule has 7 heteroatoms. The van der Waals surface area contributed by atoms with Crippen LogP contribution in [0.3, 0.4) is 0 Å². The largest absolute Gasteiger partial charge is 0.474 e. The zero-order chi connectivity index (χ0) is 20.7. The lowest BCUT2D eigenvalue weighted by Crippen LogP contribution is -2.51. The Bertz CT molecular complexity index is 1040. The van der Waals surface area contributed by atoms with E-state index in [1.165, 1.54) is 12.8 Å². The first kappa shape index (κ1) is 19.5. The molecule has 7 nitrogen and oxygen atoms in total. The monoisotopic (exact) mass is 407 g/mol. The predicted molar refractivity (Wildman–Crippen MR) is 116 cm³/mol. The Labute approximate surface area is 176 Å². The molecule has 0 amide bonds. The molecule has 1 saturated heterocycles. The maximum atomic E-state index is 6.26. The van der Waals surface area contributed by atoms with Gasteiger partial charge >= 0.3 is 0 Å². The Balaban J connectivity index is 1.40. The van der Waals surface area contributed by atoms with Gasteiger partial charge in [0.15, 0.2) is 0 Å². The number of rotatable bonds is 4. The van der Waals surface area contributed by atoms with Crippen molar-refractivity contribution in [2.45, 2.75) is 63.8 Å². The van der Waals surface area contributed by atoms with Crippen molar-refractivity contribution in [3.63, 3.8) is 0 Å². The van der Waals surface area contributed by atoms with Gasteiger partial charge in [0.25, 0.3) is 0 Å². The quantitative estimate of drug-likeness (QED) is 0.713. The first-order valence-corrected chi connectivity index (χ1v) is 10.8. The predicted octanol–water partition coefficient (Wildman–Crippen LogP) is 3.54. The molecule has 1 aliphatic heterocycles. The van der Waals surface area contributed by atoms with Crippen LogP contribution in [-0.4, -0.2) is 51.1 Å². The summed E-state index contributed by atoms with van der Waals surface area (Å²) in [4.78, 5) is 9.36. The fraction of sp³-hybridized carbons (Fsp3) is 0.522. The minimum Gasteiger partial charge on any atom is -0.474 e. The maximum absolute atomic E-state index is 6.26. The number of nitrogens with one attached hydrogen (secondary N) is 1. The molecule has 2 fully saturated rings. The molecule has 0 spiro atoms. The molecule has 30 heavy (non-hydrogen) atoms. The van der Waals surface area contributed by atoms with E-state index < -0.39 is 0 Å². The number of hydrogen-bond acceptors (Lipinski definition) is 6. The van der Waals surface area contributed by atoms with Crippen molar-refractivity contribution in [1.29, 1.82) is 0 Å². The second kappa shape index (κ2) is 7.63. The summed E-state index contributed by atoms with van der Waals surface area (Å²) in [6.07, 6.45) is 9.59. The van der Waals surface area contributed by atoms with Crippen LogP contribution in [0.4, 0.5) is 0 Å². The molecular weight excluding hydrogens is 378 g/mol. The minimum absolute atomic E-state index is 0.0326. The average molecular weight is 408 g/mol. The van der Waals surface area contributed by atoms with Gasteiger partial charge in [-0.2, -0.15) is 5.10 Å². The Morgan fingerprint density at radius 3 is 3.03 bits per heavy atom. The van der Waals surface area contributed by atoms with E-state index >= 15 is 0 Å². The Hall–Kier alpha value is -2.51. The first-order chi connectivity index (χ1) is 14.5. The lowest BCUT2D eigenvalue weighted by Gasteiger charge is -2.33. The van der Waals surface area contributed by atoms with Crippen molar-refractivity contribution in [3.8, 4) is 17.1 Å². The zero-order valence-corrected chi connectivity index (χ0v) is 17.8. The fourth-order valence-corrected chi connectivity index (χ4v) is 4.30. The van der Waals surface area contributed by atoms with Gasteiger partial charge < -0.3 is 14.8 Å². The number of ether oxygens (including phenoxy) is 2. The van der Waals surface area contributed by atoms with Crippen molar-refractivity contribution in [2.24, 2.45) is 0 Å². The number of hydrogen-bond donors (Lipinski definition) is 1. The smallest absolute Gasteiger partial charge is 0.223 e. The van der Waals surface area contributed by atoms with E-state index in [1.54, 1.807) is 6.20 Å². The lowest BCUT2D eigenvalue weighted by molar-refractivity contribution is -0.0680. The summed E-state index contributed by atoms with van der Waals surface area (Å²) >= 11 is 0. The normalized spacial score (nSPS) is 24.2. The highest BCUT2D eigenvalue weighted by atomic mass is 16.5. The molecule has 158 valence electrons. The fourth-order valence-electron chi connectivity index (χ4n) is 4.30. The van der Waals surface area contributed by atoms with E-state index in [0.717, 1.165) is 35.1 Å². The summed E-state index contributed by atoms with van der Waals surface area (Å²) < 4.78 is 14.4. The summed E-state index contributed by atoms with van der Waals surface area (Å²) in [7, 11) is 0. The molecule has 0 aromatic carbocycles.